The highest BCUT2D eigenvalue weighted by Crippen LogP contribution is 2.30. The minimum absolute atomic E-state index is 0.0261. The molecule has 0 spiro atoms. The topological polar surface area (TPSA) is 35.2 Å². The number of rotatable bonds is 7. The van der Waals surface area contributed by atoms with E-state index in [4.69, 9.17) is 10.5 Å². The number of hydrogen-bond donors (Lipinski definition) is 1. The van der Waals surface area contributed by atoms with Gasteiger partial charge in [-0.3, -0.25) is 0 Å². The van der Waals surface area contributed by atoms with Gasteiger partial charge in [0.2, 0.25) is 0 Å². The van der Waals surface area contributed by atoms with Gasteiger partial charge in [0.05, 0.1) is 6.10 Å². The zero-order valence-electron chi connectivity index (χ0n) is 11.6. The maximum Gasteiger partial charge on any atom is 0.0975 e. The fourth-order valence-corrected chi connectivity index (χ4v) is 2.74. The zero-order valence-corrected chi connectivity index (χ0v) is 13.2. The van der Waals surface area contributed by atoms with E-state index in [0.717, 1.165) is 23.4 Å². The fraction of sp³-hybridized carbons (Fsp3) is 0.625. The molecule has 106 valence electrons. The summed E-state index contributed by atoms with van der Waals surface area (Å²) in [5.41, 5.74) is 7.40. The molecule has 2 rings (SSSR count). The predicted molar refractivity (Wildman–Crippen MR) is 83.1 cm³/mol. The zero-order chi connectivity index (χ0) is 13.7. The first-order valence-electron chi connectivity index (χ1n) is 7.33. The predicted octanol–water partition coefficient (Wildman–Crippen LogP) is 4.43. The van der Waals surface area contributed by atoms with E-state index in [1.165, 1.54) is 31.2 Å². The number of benzene rings is 1. The number of ether oxygens (including phenoxy) is 1. The summed E-state index contributed by atoms with van der Waals surface area (Å²) in [4.78, 5) is 0. The monoisotopic (exact) mass is 325 g/mol. The van der Waals surface area contributed by atoms with Gasteiger partial charge in [-0.05, 0) is 36.5 Å². The van der Waals surface area contributed by atoms with Crippen molar-refractivity contribution >= 4 is 15.9 Å². The summed E-state index contributed by atoms with van der Waals surface area (Å²) in [5, 5.41) is 0. The molecule has 1 fully saturated rings. The van der Waals surface area contributed by atoms with Gasteiger partial charge in [-0.1, -0.05) is 54.2 Å². The van der Waals surface area contributed by atoms with Crippen LogP contribution in [0.1, 0.15) is 50.7 Å². The smallest absolute Gasteiger partial charge is 0.0975 e. The maximum absolute atomic E-state index is 6.21. The van der Waals surface area contributed by atoms with Crippen LogP contribution in [0.4, 0.5) is 0 Å². The minimum atomic E-state index is 0.0261. The lowest BCUT2D eigenvalue weighted by Gasteiger charge is -2.28. The average Bonchev–Trinajstić information content (AvgIpc) is 2.37. The summed E-state index contributed by atoms with van der Waals surface area (Å²) in [6.07, 6.45) is 6.31. The lowest BCUT2D eigenvalue weighted by Crippen LogP contribution is -2.30. The van der Waals surface area contributed by atoms with E-state index in [1.54, 1.807) is 0 Å². The summed E-state index contributed by atoms with van der Waals surface area (Å²) < 4.78 is 7.18. The lowest BCUT2D eigenvalue weighted by atomic mass is 9.83. The third kappa shape index (κ3) is 4.30. The largest absolute Gasteiger partial charge is 0.372 e. The molecule has 2 nitrogen and oxygen atoms in total. The summed E-state index contributed by atoms with van der Waals surface area (Å²) in [6, 6.07) is 8.39. The highest BCUT2D eigenvalue weighted by Gasteiger charge is 2.21. The van der Waals surface area contributed by atoms with E-state index in [0.29, 0.717) is 0 Å². The van der Waals surface area contributed by atoms with E-state index in [-0.39, 0.29) is 12.1 Å². The van der Waals surface area contributed by atoms with E-state index >= 15 is 0 Å². The van der Waals surface area contributed by atoms with Crippen LogP contribution in [-0.4, -0.2) is 12.6 Å². The van der Waals surface area contributed by atoms with Crippen molar-refractivity contribution in [3.05, 3.63) is 34.3 Å². The molecule has 3 heteroatoms. The Morgan fingerprint density at radius 1 is 1.32 bits per heavy atom. The van der Waals surface area contributed by atoms with Crippen LogP contribution >= 0.6 is 15.9 Å². The van der Waals surface area contributed by atoms with E-state index in [1.807, 2.05) is 0 Å². The quantitative estimate of drug-likeness (QED) is 0.804. The van der Waals surface area contributed by atoms with Gasteiger partial charge in [0.15, 0.2) is 0 Å². The van der Waals surface area contributed by atoms with Crippen molar-refractivity contribution in [3.63, 3.8) is 0 Å². The first kappa shape index (κ1) is 15.0. The Morgan fingerprint density at radius 3 is 2.53 bits per heavy atom. The third-order valence-electron chi connectivity index (χ3n) is 4.11. The van der Waals surface area contributed by atoms with E-state index < -0.39 is 0 Å². The van der Waals surface area contributed by atoms with Crippen LogP contribution in [0.3, 0.4) is 0 Å². The second-order valence-electron chi connectivity index (χ2n) is 5.50. The van der Waals surface area contributed by atoms with Gasteiger partial charge in [0.1, 0.15) is 0 Å². The van der Waals surface area contributed by atoms with Crippen LogP contribution in [-0.2, 0) is 4.74 Å². The van der Waals surface area contributed by atoms with Crippen LogP contribution in [0.25, 0.3) is 0 Å². The molecule has 0 saturated heterocycles. The summed E-state index contributed by atoms with van der Waals surface area (Å²) >= 11 is 3.47. The molecule has 0 radical (unpaired) electrons. The van der Waals surface area contributed by atoms with Crippen molar-refractivity contribution < 1.29 is 4.74 Å². The number of hydrogen-bond acceptors (Lipinski definition) is 2. The molecule has 1 aromatic rings. The Labute approximate surface area is 124 Å². The Bertz CT molecular complexity index is 375. The second kappa shape index (κ2) is 7.41. The van der Waals surface area contributed by atoms with Crippen molar-refractivity contribution in [1.29, 1.82) is 0 Å². The molecule has 0 heterocycles. The molecule has 0 bridgehead atoms. The van der Waals surface area contributed by atoms with Crippen LogP contribution in [0, 0.1) is 5.92 Å². The Morgan fingerprint density at radius 2 is 2.00 bits per heavy atom. The molecular weight excluding hydrogens is 302 g/mol. The minimum Gasteiger partial charge on any atom is -0.372 e. The summed E-state index contributed by atoms with van der Waals surface area (Å²) in [5.74, 6) is 0.892. The molecule has 0 aromatic heterocycles. The van der Waals surface area contributed by atoms with Gasteiger partial charge in [-0.2, -0.15) is 0 Å². The van der Waals surface area contributed by atoms with Crippen molar-refractivity contribution in [2.24, 2.45) is 11.7 Å². The Kier molecular flexibility index (Phi) is 5.86. The SMILES string of the molecule is CCC(N)C(OCCC1CCC1)c1ccc(Br)cc1. The maximum atomic E-state index is 6.21. The molecule has 1 saturated carbocycles. The Hall–Kier alpha value is -0.380. The van der Waals surface area contributed by atoms with E-state index in [9.17, 15) is 0 Å². The van der Waals surface area contributed by atoms with Crippen molar-refractivity contribution in [2.75, 3.05) is 6.61 Å². The number of nitrogens with two attached hydrogens (primary N) is 1. The summed E-state index contributed by atoms with van der Waals surface area (Å²) in [7, 11) is 0. The molecule has 19 heavy (non-hydrogen) atoms. The lowest BCUT2D eigenvalue weighted by molar-refractivity contribution is 0.0203. The van der Waals surface area contributed by atoms with Crippen molar-refractivity contribution in [2.45, 2.75) is 51.2 Å². The molecule has 2 unspecified atom stereocenters. The molecular formula is C16H24BrNO. The van der Waals surface area contributed by atoms with Gasteiger partial charge in [0, 0.05) is 17.1 Å². The Balaban J connectivity index is 1.92. The molecule has 2 N–H and O–H groups in total. The van der Waals surface area contributed by atoms with E-state index in [2.05, 4.69) is 47.1 Å². The fourth-order valence-electron chi connectivity index (χ4n) is 2.48. The molecule has 2 atom stereocenters. The first-order valence-corrected chi connectivity index (χ1v) is 8.12. The van der Waals surface area contributed by atoms with Crippen LogP contribution in [0.15, 0.2) is 28.7 Å². The molecule has 1 aliphatic rings. The van der Waals surface area contributed by atoms with Crippen LogP contribution in [0.5, 0.6) is 0 Å². The standard InChI is InChI=1S/C16H24BrNO/c1-2-15(18)16(13-6-8-14(17)9-7-13)19-11-10-12-4-3-5-12/h6-9,12,15-16H,2-5,10-11,18H2,1H3. The van der Waals surface area contributed by atoms with Gasteiger partial charge < -0.3 is 10.5 Å². The molecule has 1 aliphatic carbocycles. The molecule has 0 amide bonds. The highest BCUT2D eigenvalue weighted by molar-refractivity contribution is 9.10. The first-order chi connectivity index (χ1) is 9.20. The molecule has 1 aromatic carbocycles. The second-order valence-corrected chi connectivity index (χ2v) is 6.42. The number of halogens is 1. The van der Waals surface area contributed by atoms with Gasteiger partial charge in [-0.15, -0.1) is 0 Å². The van der Waals surface area contributed by atoms with Gasteiger partial charge >= 0.3 is 0 Å². The third-order valence-corrected chi connectivity index (χ3v) is 4.64. The van der Waals surface area contributed by atoms with Crippen LogP contribution in [0.2, 0.25) is 0 Å². The van der Waals surface area contributed by atoms with Crippen LogP contribution < -0.4 is 5.73 Å². The average molecular weight is 326 g/mol. The molecule has 0 aliphatic heterocycles. The van der Waals surface area contributed by atoms with Gasteiger partial charge in [-0.25, -0.2) is 0 Å². The van der Waals surface area contributed by atoms with Crippen molar-refractivity contribution in [1.82, 2.24) is 0 Å². The summed E-state index contributed by atoms with van der Waals surface area (Å²) in [6.45, 7) is 2.95. The highest BCUT2D eigenvalue weighted by atomic mass is 79.9. The van der Waals surface area contributed by atoms with Gasteiger partial charge in [0.25, 0.3) is 0 Å². The van der Waals surface area contributed by atoms with Crippen molar-refractivity contribution in [3.8, 4) is 0 Å². The normalized spacial score (nSPS) is 18.9.